The fourth-order valence-corrected chi connectivity index (χ4v) is 2.26. The number of hydrogen-bond donors (Lipinski definition) is 0. The van der Waals surface area contributed by atoms with E-state index >= 15 is 0 Å². The first kappa shape index (κ1) is 18.6. The van der Waals surface area contributed by atoms with Gasteiger partial charge >= 0.3 is 5.97 Å². The van der Waals surface area contributed by atoms with E-state index in [0.29, 0.717) is 31.2 Å². The van der Waals surface area contributed by atoms with Crippen molar-refractivity contribution in [1.82, 2.24) is 9.88 Å². The van der Waals surface area contributed by atoms with Crippen LogP contribution in [-0.2, 0) is 9.53 Å². The van der Waals surface area contributed by atoms with E-state index in [1.54, 1.807) is 30.3 Å². The van der Waals surface area contributed by atoms with Gasteiger partial charge < -0.3 is 9.64 Å². The van der Waals surface area contributed by atoms with Crippen LogP contribution in [0.1, 0.15) is 44.0 Å². The van der Waals surface area contributed by atoms with E-state index in [1.807, 2.05) is 0 Å². The molecule has 122 valence electrons. The number of esters is 1. The van der Waals surface area contributed by atoms with Gasteiger partial charge in [0, 0.05) is 30.0 Å². The van der Waals surface area contributed by atoms with Gasteiger partial charge in [-0.3, -0.25) is 14.6 Å². The molecule has 6 heteroatoms. The molecule has 1 aromatic heterocycles. The Morgan fingerprint density at radius 1 is 1.32 bits per heavy atom. The number of carbonyl (C=O) groups is 2. The summed E-state index contributed by atoms with van der Waals surface area (Å²) in [6.45, 7) is 7.31. The van der Waals surface area contributed by atoms with Crippen LogP contribution in [0.5, 0.6) is 0 Å². The zero-order valence-corrected chi connectivity index (χ0v) is 14.9. The van der Waals surface area contributed by atoms with Gasteiger partial charge in [0.1, 0.15) is 0 Å². The van der Waals surface area contributed by atoms with Crippen molar-refractivity contribution < 1.29 is 14.3 Å². The van der Waals surface area contributed by atoms with Crippen molar-refractivity contribution in [2.45, 2.75) is 33.6 Å². The number of carbonyl (C=O) groups excluding carboxylic acids is 2. The van der Waals surface area contributed by atoms with Crippen LogP contribution in [0, 0.1) is 5.92 Å². The Kier molecular flexibility index (Phi) is 8.09. The highest BCUT2D eigenvalue weighted by Crippen LogP contribution is 2.13. The maximum Gasteiger partial charge on any atom is 0.307 e. The molecule has 0 saturated heterocycles. The highest BCUT2D eigenvalue weighted by molar-refractivity contribution is 9.10. The minimum Gasteiger partial charge on any atom is -0.466 e. The second kappa shape index (κ2) is 9.56. The van der Waals surface area contributed by atoms with E-state index in [4.69, 9.17) is 4.74 Å². The molecule has 0 unspecified atom stereocenters. The summed E-state index contributed by atoms with van der Waals surface area (Å²) >= 11 is 3.32. The van der Waals surface area contributed by atoms with Crippen LogP contribution in [0.3, 0.4) is 0 Å². The number of aromatic nitrogens is 1. The standard InChI is InChI=1S/C16H23BrN2O3/c1-4-22-15(20)6-8-19(7-5-12(2)3)16(21)13-9-14(17)11-18-10-13/h9-12H,4-8H2,1-3H3. The maximum atomic E-state index is 12.6. The van der Waals surface area contributed by atoms with Gasteiger partial charge in [0.05, 0.1) is 18.6 Å². The molecule has 0 radical (unpaired) electrons. The average Bonchev–Trinajstić information content (AvgIpc) is 2.46. The second-order valence-electron chi connectivity index (χ2n) is 5.42. The molecular formula is C16H23BrN2O3. The first-order valence-electron chi connectivity index (χ1n) is 7.49. The molecule has 1 heterocycles. The number of halogens is 1. The maximum absolute atomic E-state index is 12.6. The Morgan fingerprint density at radius 2 is 2.05 bits per heavy atom. The minimum atomic E-state index is -0.280. The number of hydrogen-bond acceptors (Lipinski definition) is 4. The van der Waals surface area contributed by atoms with E-state index in [0.717, 1.165) is 10.9 Å². The van der Waals surface area contributed by atoms with Crippen molar-refractivity contribution in [3.05, 3.63) is 28.5 Å². The predicted molar refractivity (Wildman–Crippen MR) is 88.5 cm³/mol. The predicted octanol–water partition coefficient (Wildman–Crippen LogP) is 3.29. The third-order valence-corrected chi connectivity index (χ3v) is 3.54. The molecule has 0 N–H and O–H groups in total. The summed E-state index contributed by atoms with van der Waals surface area (Å²) in [7, 11) is 0. The average molecular weight is 371 g/mol. The molecule has 22 heavy (non-hydrogen) atoms. The molecule has 0 aliphatic heterocycles. The molecule has 0 aliphatic rings. The summed E-state index contributed by atoms with van der Waals surface area (Å²) in [6.07, 6.45) is 4.27. The highest BCUT2D eigenvalue weighted by atomic mass is 79.9. The summed E-state index contributed by atoms with van der Waals surface area (Å²) in [5.74, 6) is 0.0921. The topological polar surface area (TPSA) is 59.5 Å². The van der Waals surface area contributed by atoms with E-state index in [9.17, 15) is 9.59 Å². The molecule has 0 saturated carbocycles. The van der Waals surface area contributed by atoms with Crippen LogP contribution in [0.4, 0.5) is 0 Å². The van der Waals surface area contributed by atoms with Crippen molar-refractivity contribution >= 4 is 27.8 Å². The van der Waals surface area contributed by atoms with Crippen LogP contribution >= 0.6 is 15.9 Å². The van der Waals surface area contributed by atoms with Crippen LogP contribution in [0.25, 0.3) is 0 Å². The van der Waals surface area contributed by atoms with Crippen LogP contribution in [0.15, 0.2) is 22.9 Å². The lowest BCUT2D eigenvalue weighted by atomic mass is 10.1. The quantitative estimate of drug-likeness (QED) is 0.658. The molecule has 1 rings (SSSR count). The number of pyridine rings is 1. The fraction of sp³-hybridized carbons (Fsp3) is 0.562. The molecule has 0 atom stereocenters. The van der Waals surface area contributed by atoms with Crippen LogP contribution in [-0.4, -0.2) is 41.5 Å². The van der Waals surface area contributed by atoms with Gasteiger partial charge in [-0.15, -0.1) is 0 Å². The van der Waals surface area contributed by atoms with E-state index in [2.05, 4.69) is 34.8 Å². The molecule has 1 amide bonds. The molecule has 1 aromatic rings. The highest BCUT2D eigenvalue weighted by Gasteiger charge is 2.18. The fourth-order valence-electron chi connectivity index (χ4n) is 1.90. The normalized spacial score (nSPS) is 10.6. The summed E-state index contributed by atoms with van der Waals surface area (Å²) in [5.41, 5.74) is 0.516. The molecule has 5 nitrogen and oxygen atoms in total. The van der Waals surface area contributed by atoms with E-state index in [-0.39, 0.29) is 18.3 Å². The van der Waals surface area contributed by atoms with Gasteiger partial charge in [0.25, 0.3) is 5.91 Å². The SMILES string of the molecule is CCOC(=O)CCN(CCC(C)C)C(=O)c1cncc(Br)c1. The summed E-state index contributed by atoms with van der Waals surface area (Å²) in [4.78, 5) is 29.8. The van der Waals surface area contributed by atoms with E-state index in [1.165, 1.54) is 0 Å². The summed E-state index contributed by atoms with van der Waals surface area (Å²) in [6, 6.07) is 1.74. The summed E-state index contributed by atoms with van der Waals surface area (Å²) < 4.78 is 5.68. The van der Waals surface area contributed by atoms with Gasteiger partial charge in [0.2, 0.25) is 0 Å². The number of rotatable bonds is 8. The van der Waals surface area contributed by atoms with Crippen LogP contribution < -0.4 is 0 Å². The zero-order valence-electron chi connectivity index (χ0n) is 13.3. The third kappa shape index (κ3) is 6.56. The van der Waals surface area contributed by atoms with E-state index < -0.39 is 0 Å². The third-order valence-electron chi connectivity index (χ3n) is 3.11. The Bertz CT molecular complexity index is 506. The lowest BCUT2D eigenvalue weighted by Crippen LogP contribution is -2.34. The first-order valence-corrected chi connectivity index (χ1v) is 8.28. The lowest BCUT2D eigenvalue weighted by Gasteiger charge is -2.23. The Labute approximate surface area is 140 Å². The first-order chi connectivity index (χ1) is 10.4. The molecule has 0 aromatic carbocycles. The van der Waals surface area contributed by atoms with Gasteiger partial charge in [-0.2, -0.15) is 0 Å². The lowest BCUT2D eigenvalue weighted by molar-refractivity contribution is -0.143. The number of amides is 1. The second-order valence-corrected chi connectivity index (χ2v) is 6.34. The number of nitrogens with zero attached hydrogens (tertiary/aromatic N) is 2. The zero-order chi connectivity index (χ0) is 16.5. The Morgan fingerprint density at radius 3 is 2.64 bits per heavy atom. The van der Waals surface area contributed by atoms with Gasteiger partial charge in [-0.1, -0.05) is 13.8 Å². The molecular weight excluding hydrogens is 348 g/mol. The Balaban J connectivity index is 2.75. The van der Waals surface area contributed by atoms with Gasteiger partial charge in [-0.25, -0.2) is 0 Å². The van der Waals surface area contributed by atoms with Crippen molar-refractivity contribution in [1.29, 1.82) is 0 Å². The van der Waals surface area contributed by atoms with Crippen molar-refractivity contribution in [3.63, 3.8) is 0 Å². The largest absolute Gasteiger partial charge is 0.466 e. The summed E-state index contributed by atoms with van der Waals surface area (Å²) in [5, 5.41) is 0. The Hall–Kier alpha value is -1.43. The van der Waals surface area contributed by atoms with Crippen molar-refractivity contribution in [2.75, 3.05) is 19.7 Å². The van der Waals surface area contributed by atoms with Gasteiger partial charge in [0.15, 0.2) is 0 Å². The minimum absolute atomic E-state index is 0.112. The van der Waals surface area contributed by atoms with Crippen molar-refractivity contribution in [3.8, 4) is 0 Å². The van der Waals surface area contributed by atoms with Gasteiger partial charge in [-0.05, 0) is 41.3 Å². The molecule has 0 aliphatic carbocycles. The molecule has 0 bridgehead atoms. The smallest absolute Gasteiger partial charge is 0.307 e. The molecule has 0 spiro atoms. The number of ether oxygens (including phenoxy) is 1. The van der Waals surface area contributed by atoms with Crippen LogP contribution in [0.2, 0.25) is 0 Å². The molecule has 0 fully saturated rings. The monoisotopic (exact) mass is 370 g/mol. The van der Waals surface area contributed by atoms with Crippen molar-refractivity contribution in [2.24, 2.45) is 5.92 Å².